The molecule has 0 bridgehead atoms. The molecule has 0 spiro atoms. The third-order valence-corrected chi connectivity index (χ3v) is 3.68. The fourth-order valence-corrected chi connectivity index (χ4v) is 2.65. The van der Waals surface area contributed by atoms with Crippen LogP contribution in [0, 0.1) is 5.82 Å². The molecule has 108 valence electrons. The number of amides is 1. The monoisotopic (exact) mass is 286 g/mol. The quantitative estimate of drug-likeness (QED) is 0.910. The van der Waals surface area contributed by atoms with Gasteiger partial charge in [-0.05, 0) is 24.3 Å². The maximum atomic E-state index is 13.4. The molecule has 0 saturated carbocycles. The number of hydrogen-bond donors (Lipinski definition) is 2. The molecule has 1 amide bonds. The summed E-state index contributed by atoms with van der Waals surface area (Å²) >= 11 is 0. The lowest BCUT2D eigenvalue weighted by Crippen LogP contribution is -2.50. The highest BCUT2D eigenvalue weighted by atomic mass is 19.1. The Labute approximate surface area is 121 Å². The van der Waals surface area contributed by atoms with Crippen molar-refractivity contribution in [3.05, 3.63) is 59.9 Å². The second-order valence-electron chi connectivity index (χ2n) is 5.00. The van der Waals surface area contributed by atoms with Crippen LogP contribution in [0.25, 0.3) is 0 Å². The van der Waals surface area contributed by atoms with Crippen LogP contribution in [0.4, 0.5) is 10.1 Å². The van der Waals surface area contributed by atoms with Crippen molar-refractivity contribution >= 4 is 11.6 Å². The molecular formula is C16H15FN2O2. The first-order valence-corrected chi connectivity index (χ1v) is 6.68. The predicted molar refractivity (Wildman–Crippen MR) is 77.4 cm³/mol. The molecule has 1 heterocycles. The zero-order valence-corrected chi connectivity index (χ0v) is 11.3. The van der Waals surface area contributed by atoms with Crippen LogP contribution in [0.1, 0.15) is 12.0 Å². The van der Waals surface area contributed by atoms with Gasteiger partial charge in [0.05, 0.1) is 6.61 Å². The number of benzene rings is 2. The summed E-state index contributed by atoms with van der Waals surface area (Å²) in [6.45, 7) is 0.363. The van der Waals surface area contributed by atoms with Gasteiger partial charge in [-0.15, -0.1) is 0 Å². The van der Waals surface area contributed by atoms with Gasteiger partial charge in [-0.3, -0.25) is 4.79 Å². The number of para-hydroxylation sites is 1. The SMILES string of the molecule is NC(=O)C1(Nc2cccc(F)c2)CCOc2ccccc21. The lowest BCUT2D eigenvalue weighted by Gasteiger charge is -2.37. The minimum atomic E-state index is -1.09. The highest BCUT2D eigenvalue weighted by Gasteiger charge is 2.43. The van der Waals surface area contributed by atoms with Gasteiger partial charge in [-0.2, -0.15) is 0 Å². The van der Waals surface area contributed by atoms with Gasteiger partial charge in [0.15, 0.2) is 0 Å². The molecule has 0 aromatic heterocycles. The van der Waals surface area contributed by atoms with Crippen molar-refractivity contribution in [3.8, 4) is 5.75 Å². The van der Waals surface area contributed by atoms with E-state index in [1.807, 2.05) is 12.1 Å². The molecule has 1 atom stereocenters. The van der Waals surface area contributed by atoms with Gasteiger partial charge in [0.2, 0.25) is 5.91 Å². The van der Waals surface area contributed by atoms with E-state index in [4.69, 9.17) is 10.5 Å². The third-order valence-electron chi connectivity index (χ3n) is 3.68. The highest BCUT2D eigenvalue weighted by Crippen LogP contribution is 2.39. The molecule has 4 nitrogen and oxygen atoms in total. The summed E-state index contributed by atoms with van der Waals surface area (Å²) < 4.78 is 18.9. The molecule has 0 fully saturated rings. The normalized spacial score (nSPS) is 20.2. The standard InChI is InChI=1S/C16H15FN2O2/c17-11-4-3-5-12(10-11)19-16(15(18)20)8-9-21-14-7-2-1-6-13(14)16/h1-7,10,19H,8-9H2,(H2,18,20). The largest absolute Gasteiger partial charge is 0.493 e. The van der Waals surface area contributed by atoms with Crippen LogP contribution in [0.15, 0.2) is 48.5 Å². The highest BCUT2D eigenvalue weighted by molar-refractivity contribution is 5.90. The van der Waals surface area contributed by atoms with E-state index in [-0.39, 0.29) is 5.82 Å². The Morgan fingerprint density at radius 1 is 1.24 bits per heavy atom. The van der Waals surface area contributed by atoms with Gasteiger partial charge in [0.1, 0.15) is 17.1 Å². The van der Waals surface area contributed by atoms with Crippen molar-refractivity contribution in [2.45, 2.75) is 12.0 Å². The van der Waals surface area contributed by atoms with Gasteiger partial charge in [-0.25, -0.2) is 4.39 Å². The van der Waals surface area contributed by atoms with Crippen molar-refractivity contribution in [2.24, 2.45) is 5.73 Å². The molecule has 2 aromatic rings. The summed E-state index contributed by atoms with van der Waals surface area (Å²) in [5.74, 6) is -0.270. The first-order chi connectivity index (χ1) is 10.1. The molecule has 3 rings (SSSR count). The second kappa shape index (κ2) is 5.09. The van der Waals surface area contributed by atoms with Crippen molar-refractivity contribution in [2.75, 3.05) is 11.9 Å². The number of carbonyl (C=O) groups excluding carboxylic acids is 1. The molecule has 0 aliphatic carbocycles. The van der Waals surface area contributed by atoms with E-state index >= 15 is 0 Å². The van der Waals surface area contributed by atoms with E-state index < -0.39 is 11.4 Å². The number of anilines is 1. The van der Waals surface area contributed by atoms with E-state index in [1.54, 1.807) is 24.3 Å². The van der Waals surface area contributed by atoms with Crippen molar-refractivity contribution in [1.29, 1.82) is 0 Å². The van der Waals surface area contributed by atoms with Crippen LogP contribution < -0.4 is 15.8 Å². The minimum absolute atomic E-state index is 0.363. The number of halogens is 1. The van der Waals surface area contributed by atoms with Gasteiger partial charge in [-0.1, -0.05) is 24.3 Å². The molecular weight excluding hydrogens is 271 g/mol. The Bertz CT molecular complexity index is 689. The Kier molecular flexibility index (Phi) is 3.25. The molecule has 0 saturated heterocycles. The molecule has 21 heavy (non-hydrogen) atoms. The fraction of sp³-hybridized carbons (Fsp3) is 0.188. The number of nitrogens with one attached hydrogen (secondary N) is 1. The molecule has 1 unspecified atom stereocenters. The van der Waals surface area contributed by atoms with Gasteiger partial charge in [0.25, 0.3) is 0 Å². The number of primary amides is 1. The van der Waals surface area contributed by atoms with Crippen LogP contribution in [0.5, 0.6) is 5.75 Å². The average molecular weight is 286 g/mol. The number of ether oxygens (including phenoxy) is 1. The average Bonchev–Trinajstić information content (AvgIpc) is 2.47. The van der Waals surface area contributed by atoms with Gasteiger partial charge < -0.3 is 15.8 Å². The third kappa shape index (κ3) is 2.31. The van der Waals surface area contributed by atoms with Crippen LogP contribution in [-0.4, -0.2) is 12.5 Å². The summed E-state index contributed by atoms with van der Waals surface area (Å²) in [6, 6.07) is 13.2. The summed E-state index contributed by atoms with van der Waals surface area (Å²) in [6.07, 6.45) is 0.385. The van der Waals surface area contributed by atoms with E-state index in [0.29, 0.717) is 30.0 Å². The summed E-state index contributed by atoms with van der Waals surface area (Å²) in [7, 11) is 0. The Balaban J connectivity index is 2.08. The molecule has 5 heteroatoms. The first-order valence-electron chi connectivity index (χ1n) is 6.68. The van der Waals surface area contributed by atoms with E-state index in [2.05, 4.69) is 5.32 Å². The fourth-order valence-electron chi connectivity index (χ4n) is 2.65. The number of fused-ring (bicyclic) bond motifs is 1. The van der Waals surface area contributed by atoms with Crippen LogP contribution >= 0.6 is 0 Å². The molecule has 2 aromatic carbocycles. The summed E-state index contributed by atoms with van der Waals surface area (Å²) in [4.78, 5) is 12.1. The van der Waals surface area contributed by atoms with Crippen molar-refractivity contribution in [1.82, 2.24) is 0 Å². The second-order valence-corrected chi connectivity index (χ2v) is 5.00. The lowest BCUT2D eigenvalue weighted by atomic mass is 9.83. The Morgan fingerprint density at radius 2 is 2.05 bits per heavy atom. The molecule has 1 aliphatic heterocycles. The number of hydrogen-bond acceptors (Lipinski definition) is 3. The first kappa shape index (κ1) is 13.4. The van der Waals surface area contributed by atoms with E-state index in [0.717, 1.165) is 0 Å². The van der Waals surface area contributed by atoms with E-state index in [9.17, 15) is 9.18 Å². The zero-order valence-electron chi connectivity index (χ0n) is 11.3. The molecule has 0 radical (unpaired) electrons. The minimum Gasteiger partial charge on any atom is -0.493 e. The number of carbonyl (C=O) groups is 1. The summed E-state index contributed by atoms with van der Waals surface area (Å²) in [5, 5.41) is 3.10. The van der Waals surface area contributed by atoms with Gasteiger partial charge >= 0.3 is 0 Å². The number of nitrogens with two attached hydrogens (primary N) is 1. The van der Waals surface area contributed by atoms with Crippen LogP contribution in [0.3, 0.4) is 0 Å². The number of rotatable bonds is 3. The van der Waals surface area contributed by atoms with Crippen molar-refractivity contribution in [3.63, 3.8) is 0 Å². The van der Waals surface area contributed by atoms with Crippen molar-refractivity contribution < 1.29 is 13.9 Å². The van der Waals surface area contributed by atoms with Crippen LogP contribution in [-0.2, 0) is 10.3 Å². The van der Waals surface area contributed by atoms with Gasteiger partial charge in [0, 0.05) is 17.7 Å². The lowest BCUT2D eigenvalue weighted by molar-refractivity contribution is -0.123. The van der Waals surface area contributed by atoms with E-state index in [1.165, 1.54) is 12.1 Å². The zero-order chi connectivity index (χ0) is 14.9. The van der Waals surface area contributed by atoms with Crippen LogP contribution in [0.2, 0.25) is 0 Å². The smallest absolute Gasteiger partial charge is 0.248 e. The molecule has 3 N–H and O–H groups in total. The molecule has 1 aliphatic rings. The summed E-state index contributed by atoms with van der Waals surface area (Å²) in [5.41, 5.74) is 5.74. The Hall–Kier alpha value is -2.56. The maximum Gasteiger partial charge on any atom is 0.248 e. The maximum absolute atomic E-state index is 13.4. The topological polar surface area (TPSA) is 64.4 Å². The Morgan fingerprint density at radius 3 is 2.81 bits per heavy atom. The predicted octanol–water partition coefficient (Wildman–Crippen LogP) is 2.40.